The molecule has 5 rings (SSSR count). The first-order chi connectivity index (χ1) is 20.9. The van der Waals surface area contributed by atoms with E-state index in [0.29, 0.717) is 6.42 Å². The normalized spacial score (nSPS) is 16.1. The van der Waals surface area contributed by atoms with Gasteiger partial charge in [0.25, 0.3) is 11.8 Å². The summed E-state index contributed by atoms with van der Waals surface area (Å²) in [5.41, 5.74) is 0.363. The first-order valence-electron chi connectivity index (χ1n) is 13.5. The van der Waals surface area contributed by atoms with Crippen LogP contribution in [0.4, 0.5) is 10.2 Å². The standard InChI is InChI=1S/C29H28FN5O7S2/c1-18-7-11-21(12-8-18)44(40,41)42-26-24-22(6-5-14-31-24)27-34-25(26)29(37)33-17-19-9-10-20(30)16-23(19)28(36)32-13-3-4-15-43(38,39)35(27)2/h5-12,14,16H,3-4,13,15,17H2,1-2H3,(H,32,36)(H,33,37). The van der Waals surface area contributed by atoms with Crippen LogP contribution in [0.15, 0.2) is 65.7 Å². The second kappa shape index (κ2) is 12.2. The largest absolute Gasteiger partial charge is 0.374 e. The Morgan fingerprint density at radius 3 is 2.50 bits per heavy atom. The average Bonchev–Trinajstić information content (AvgIpc) is 2.99. The van der Waals surface area contributed by atoms with Crippen molar-refractivity contribution in [1.82, 2.24) is 20.6 Å². The number of hydrogen-bond acceptors (Lipinski definition) is 9. The lowest BCUT2D eigenvalue weighted by Gasteiger charge is -2.22. The van der Waals surface area contributed by atoms with Crippen LogP contribution in [-0.2, 0) is 26.7 Å². The van der Waals surface area contributed by atoms with E-state index in [0.717, 1.165) is 22.0 Å². The number of aromatic nitrogens is 2. The molecule has 0 aliphatic carbocycles. The Balaban J connectivity index is 1.69. The topological polar surface area (TPSA) is 165 Å². The molecule has 0 fully saturated rings. The molecule has 2 N–H and O–H groups in total. The zero-order valence-corrected chi connectivity index (χ0v) is 25.3. The van der Waals surface area contributed by atoms with Crippen molar-refractivity contribution < 1.29 is 35.0 Å². The van der Waals surface area contributed by atoms with E-state index < -0.39 is 49.2 Å². The van der Waals surface area contributed by atoms with Gasteiger partial charge in [0.2, 0.25) is 15.8 Å². The van der Waals surface area contributed by atoms with E-state index in [9.17, 15) is 30.8 Å². The Morgan fingerprint density at radius 1 is 1.00 bits per heavy atom. The van der Waals surface area contributed by atoms with Gasteiger partial charge in [0, 0.05) is 37.3 Å². The number of benzene rings is 2. The lowest BCUT2D eigenvalue weighted by molar-refractivity contribution is 0.0931. The van der Waals surface area contributed by atoms with Gasteiger partial charge in [0.15, 0.2) is 11.5 Å². The molecule has 0 saturated heterocycles. The fraction of sp³-hybridized carbons (Fsp3) is 0.241. The number of rotatable bonds is 3. The van der Waals surface area contributed by atoms with Crippen LogP contribution in [0.5, 0.6) is 5.75 Å². The highest BCUT2D eigenvalue weighted by Gasteiger charge is 2.31. The SMILES string of the molecule is Cc1ccc(S(=O)(=O)Oc2c3nc(c4cccnc24)N(C)S(=O)(=O)CCCCNC(=O)c2cc(F)ccc2CNC3=O)cc1. The minimum Gasteiger partial charge on any atom is -0.374 e. The van der Waals surface area contributed by atoms with Crippen LogP contribution in [0.2, 0.25) is 0 Å². The van der Waals surface area contributed by atoms with Crippen molar-refractivity contribution in [3.05, 3.63) is 89.0 Å². The molecule has 230 valence electrons. The van der Waals surface area contributed by atoms with E-state index in [2.05, 4.69) is 20.6 Å². The molecule has 3 heterocycles. The summed E-state index contributed by atoms with van der Waals surface area (Å²) >= 11 is 0. The van der Waals surface area contributed by atoms with E-state index >= 15 is 0 Å². The fourth-order valence-corrected chi connectivity index (χ4v) is 6.77. The van der Waals surface area contributed by atoms with E-state index in [-0.39, 0.29) is 58.0 Å². The summed E-state index contributed by atoms with van der Waals surface area (Å²) in [4.78, 5) is 34.9. The van der Waals surface area contributed by atoms with Gasteiger partial charge in [-0.2, -0.15) is 8.42 Å². The molecule has 1 aliphatic rings. The molecule has 2 bridgehead atoms. The van der Waals surface area contributed by atoms with Gasteiger partial charge in [0.1, 0.15) is 16.2 Å². The molecule has 15 heteroatoms. The van der Waals surface area contributed by atoms with Gasteiger partial charge in [-0.15, -0.1) is 0 Å². The number of hydrogen-bond donors (Lipinski definition) is 2. The zero-order valence-electron chi connectivity index (χ0n) is 23.7. The van der Waals surface area contributed by atoms with Crippen LogP contribution in [0.25, 0.3) is 10.9 Å². The van der Waals surface area contributed by atoms with Gasteiger partial charge >= 0.3 is 10.1 Å². The molecule has 0 saturated carbocycles. The van der Waals surface area contributed by atoms with Crippen molar-refractivity contribution in [2.75, 3.05) is 23.7 Å². The number of halogens is 1. The predicted molar refractivity (Wildman–Crippen MR) is 160 cm³/mol. The molecule has 2 amide bonds. The number of carbonyl (C=O) groups excluding carboxylic acids is 2. The number of pyridine rings is 2. The van der Waals surface area contributed by atoms with Crippen molar-refractivity contribution in [2.24, 2.45) is 0 Å². The summed E-state index contributed by atoms with van der Waals surface area (Å²) in [7, 11) is -7.26. The molecule has 44 heavy (non-hydrogen) atoms. The van der Waals surface area contributed by atoms with Gasteiger partial charge in [0.05, 0.1) is 5.75 Å². The van der Waals surface area contributed by atoms with Crippen LogP contribution < -0.4 is 19.1 Å². The summed E-state index contributed by atoms with van der Waals surface area (Å²) in [6.45, 7) is 1.64. The van der Waals surface area contributed by atoms with Crippen LogP contribution in [0.3, 0.4) is 0 Å². The van der Waals surface area contributed by atoms with Crippen LogP contribution in [0.1, 0.15) is 44.8 Å². The molecule has 4 aromatic rings. The number of aryl methyl sites for hydroxylation is 1. The number of fused-ring (bicyclic) bond motifs is 5. The monoisotopic (exact) mass is 641 g/mol. The van der Waals surface area contributed by atoms with E-state index in [1.165, 1.54) is 43.6 Å². The Bertz CT molecular complexity index is 1990. The van der Waals surface area contributed by atoms with Gasteiger partial charge in [-0.1, -0.05) is 23.8 Å². The number of nitrogens with zero attached hydrogens (tertiary/aromatic N) is 3. The lowest BCUT2D eigenvalue weighted by atomic mass is 10.1. The highest BCUT2D eigenvalue weighted by atomic mass is 32.2. The van der Waals surface area contributed by atoms with Crippen molar-refractivity contribution in [3.63, 3.8) is 0 Å². The maximum absolute atomic E-state index is 14.1. The van der Waals surface area contributed by atoms with Crippen LogP contribution in [-0.4, -0.2) is 58.0 Å². The second-order valence-corrected chi connectivity index (χ2v) is 13.8. The minimum atomic E-state index is -4.52. The first kappa shape index (κ1) is 30.8. The fourth-order valence-electron chi connectivity index (χ4n) is 4.58. The smallest absolute Gasteiger partial charge is 0.339 e. The number of sulfonamides is 1. The quantitative estimate of drug-likeness (QED) is 0.320. The lowest BCUT2D eigenvalue weighted by Crippen LogP contribution is -2.33. The van der Waals surface area contributed by atoms with Crippen molar-refractivity contribution in [3.8, 4) is 5.75 Å². The molecule has 2 aromatic heterocycles. The van der Waals surface area contributed by atoms with E-state index in [1.54, 1.807) is 19.1 Å². The van der Waals surface area contributed by atoms with Crippen molar-refractivity contribution in [2.45, 2.75) is 31.2 Å². The summed E-state index contributed by atoms with van der Waals surface area (Å²) in [5, 5.41) is 5.34. The predicted octanol–water partition coefficient (Wildman–Crippen LogP) is 3.06. The number of anilines is 1. The molecule has 0 unspecified atom stereocenters. The molecular weight excluding hydrogens is 613 g/mol. The Hall–Kier alpha value is -4.63. The highest BCUT2D eigenvalue weighted by Crippen LogP contribution is 2.36. The van der Waals surface area contributed by atoms with Crippen molar-refractivity contribution in [1.29, 1.82) is 0 Å². The van der Waals surface area contributed by atoms with Gasteiger partial charge < -0.3 is 14.8 Å². The number of amides is 2. The third-order valence-corrected chi connectivity index (χ3v) is 10.0. The first-order valence-corrected chi connectivity index (χ1v) is 16.5. The Kier molecular flexibility index (Phi) is 8.52. The average molecular weight is 642 g/mol. The maximum Gasteiger partial charge on any atom is 0.339 e. The third-order valence-electron chi connectivity index (χ3n) is 7.00. The Labute approximate surface area is 253 Å². The van der Waals surface area contributed by atoms with E-state index in [4.69, 9.17) is 4.18 Å². The molecule has 0 spiro atoms. The zero-order chi connectivity index (χ0) is 31.6. The van der Waals surface area contributed by atoms with Crippen LogP contribution >= 0.6 is 0 Å². The molecule has 12 nitrogen and oxygen atoms in total. The molecule has 0 atom stereocenters. The third kappa shape index (κ3) is 6.33. The van der Waals surface area contributed by atoms with Gasteiger partial charge in [-0.05, 0) is 61.7 Å². The maximum atomic E-state index is 14.1. The molecule has 1 aliphatic heterocycles. The molecular formula is C29H28FN5O7S2. The van der Waals surface area contributed by atoms with Crippen molar-refractivity contribution >= 4 is 48.7 Å². The summed E-state index contributed by atoms with van der Waals surface area (Å²) in [6, 6.07) is 12.3. The van der Waals surface area contributed by atoms with Gasteiger partial charge in [-0.25, -0.2) is 17.8 Å². The summed E-state index contributed by atoms with van der Waals surface area (Å²) in [6.07, 6.45) is 1.82. The Morgan fingerprint density at radius 2 is 1.75 bits per heavy atom. The van der Waals surface area contributed by atoms with Crippen LogP contribution in [0, 0.1) is 12.7 Å². The minimum absolute atomic E-state index is 0.0306. The summed E-state index contributed by atoms with van der Waals surface area (Å²) < 4.78 is 73.9. The number of carbonyl (C=O) groups is 2. The van der Waals surface area contributed by atoms with E-state index in [1.807, 2.05) is 0 Å². The summed E-state index contributed by atoms with van der Waals surface area (Å²) in [5.74, 6) is -3.24. The number of nitrogens with one attached hydrogen (secondary N) is 2. The molecule has 0 radical (unpaired) electrons. The highest BCUT2D eigenvalue weighted by molar-refractivity contribution is 7.92. The van der Waals surface area contributed by atoms with Gasteiger partial charge in [-0.3, -0.25) is 18.9 Å². The molecule has 2 aromatic carbocycles. The second-order valence-electron chi connectivity index (χ2n) is 10.1.